The normalized spacial score (nSPS) is 19.0. The van der Waals surface area contributed by atoms with Crippen LogP contribution in [0, 0.1) is 5.92 Å². The first-order valence-corrected chi connectivity index (χ1v) is 16.6. The van der Waals surface area contributed by atoms with Crippen molar-refractivity contribution in [3.05, 3.63) is 120 Å². The number of amides is 4. The van der Waals surface area contributed by atoms with E-state index < -0.39 is 46.2 Å². The van der Waals surface area contributed by atoms with E-state index >= 15 is 0 Å². The molecule has 10 nitrogen and oxygen atoms in total. The fourth-order valence-corrected chi connectivity index (χ4v) is 7.86. The Morgan fingerprint density at radius 3 is 2.04 bits per heavy atom. The lowest BCUT2D eigenvalue weighted by atomic mass is 10.0. The molecule has 2 atom stereocenters. The number of benzene rings is 4. The van der Waals surface area contributed by atoms with Crippen LogP contribution in [0.3, 0.4) is 0 Å². The zero-order valence-electron chi connectivity index (χ0n) is 24.7. The van der Waals surface area contributed by atoms with E-state index in [-0.39, 0.29) is 28.5 Å². The molecule has 1 N–H and O–H groups in total. The largest absolute Gasteiger partial charge is 0.306 e. The Balaban J connectivity index is 1.23. The first-order valence-electron chi connectivity index (χ1n) is 15.1. The van der Waals surface area contributed by atoms with E-state index in [0.717, 1.165) is 11.3 Å². The summed E-state index contributed by atoms with van der Waals surface area (Å²) in [5, 5.41) is 0. The summed E-state index contributed by atoms with van der Waals surface area (Å²) in [6.45, 7) is -0.408. The van der Waals surface area contributed by atoms with Crippen LogP contribution in [-0.2, 0) is 26.2 Å². The Morgan fingerprint density at radius 2 is 1.33 bits per heavy atom. The molecule has 1 fully saturated rings. The Morgan fingerprint density at radius 1 is 0.717 bits per heavy atom. The SMILES string of the molecule is O=C1c2ccccc2C(=O)N1CC(=O)N1c2ccccc2N(Cc2ccccc2NS(=O)(=O)c2ccccc2)C(=O)C2CCCC21. The highest BCUT2D eigenvalue weighted by atomic mass is 32.2. The van der Waals surface area contributed by atoms with Gasteiger partial charge in [-0.3, -0.25) is 28.8 Å². The number of hydrogen-bond acceptors (Lipinski definition) is 6. The molecule has 46 heavy (non-hydrogen) atoms. The monoisotopic (exact) mass is 634 g/mol. The molecule has 3 aliphatic rings. The molecule has 0 saturated heterocycles. The van der Waals surface area contributed by atoms with Crippen LogP contribution in [0.1, 0.15) is 45.5 Å². The summed E-state index contributed by atoms with van der Waals surface area (Å²) in [5.41, 5.74) is 2.41. The van der Waals surface area contributed by atoms with Crippen LogP contribution in [-0.4, -0.2) is 49.5 Å². The molecule has 4 amide bonds. The minimum Gasteiger partial charge on any atom is -0.306 e. The van der Waals surface area contributed by atoms with Gasteiger partial charge in [0, 0.05) is 6.04 Å². The van der Waals surface area contributed by atoms with E-state index in [0.29, 0.717) is 35.5 Å². The first kappa shape index (κ1) is 29.4. The number of carbonyl (C=O) groups is 4. The standard InChI is InChI=1S/C35H30N4O6S/c40-32(22-38-33(41)25-14-5-6-15-26(25)34(38)42)39-29-20-10-16-27(29)35(43)37(30-18-8-9-19-31(30)39)21-23-11-4-7-17-28(23)36-46(44,45)24-12-2-1-3-13-24/h1-9,11-15,17-19,27,29,36H,10,16,20-22H2. The second kappa shape index (κ2) is 11.6. The summed E-state index contributed by atoms with van der Waals surface area (Å²) in [6.07, 6.45) is 1.87. The summed E-state index contributed by atoms with van der Waals surface area (Å²) in [7, 11) is -3.90. The zero-order valence-corrected chi connectivity index (χ0v) is 25.5. The molecule has 0 bridgehead atoms. The Hall–Kier alpha value is -5.29. The van der Waals surface area contributed by atoms with Crippen molar-refractivity contribution in [1.82, 2.24) is 4.90 Å². The van der Waals surface area contributed by atoms with E-state index in [1.807, 2.05) is 0 Å². The number of nitrogens with one attached hydrogen (secondary N) is 1. The van der Waals surface area contributed by atoms with Crippen molar-refractivity contribution in [2.75, 3.05) is 21.1 Å². The van der Waals surface area contributed by atoms with Crippen molar-refractivity contribution in [3.63, 3.8) is 0 Å². The number of anilines is 3. The van der Waals surface area contributed by atoms with E-state index in [1.165, 1.54) is 12.1 Å². The van der Waals surface area contributed by atoms with Gasteiger partial charge in [-0.05, 0) is 60.9 Å². The van der Waals surface area contributed by atoms with E-state index in [2.05, 4.69) is 4.72 Å². The van der Waals surface area contributed by atoms with Crippen molar-refractivity contribution < 1.29 is 27.6 Å². The summed E-state index contributed by atoms with van der Waals surface area (Å²) >= 11 is 0. The van der Waals surface area contributed by atoms with Crippen LogP contribution < -0.4 is 14.5 Å². The second-order valence-corrected chi connectivity index (χ2v) is 13.3. The molecule has 2 heterocycles. The quantitative estimate of drug-likeness (QED) is 0.291. The van der Waals surface area contributed by atoms with Crippen LogP contribution in [0.25, 0.3) is 0 Å². The number of sulfonamides is 1. The lowest BCUT2D eigenvalue weighted by molar-refractivity contribution is -0.123. The minimum absolute atomic E-state index is 0.0486. The van der Waals surface area contributed by atoms with Gasteiger partial charge < -0.3 is 9.80 Å². The van der Waals surface area contributed by atoms with E-state index in [9.17, 15) is 27.6 Å². The molecule has 0 aromatic heterocycles. The smallest absolute Gasteiger partial charge is 0.262 e. The predicted octanol–water partition coefficient (Wildman–Crippen LogP) is 4.83. The van der Waals surface area contributed by atoms with Crippen molar-refractivity contribution >= 4 is 50.7 Å². The van der Waals surface area contributed by atoms with Crippen molar-refractivity contribution in [3.8, 4) is 0 Å². The third-order valence-electron chi connectivity index (χ3n) is 8.91. The first-order chi connectivity index (χ1) is 22.2. The van der Waals surface area contributed by atoms with E-state index in [1.54, 1.807) is 101 Å². The molecule has 4 aromatic rings. The highest BCUT2D eigenvalue weighted by Crippen LogP contribution is 2.44. The molecule has 4 aromatic carbocycles. The maximum atomic E-state index is 14.3. The third-order valence-corrected chi connectivity index (χ3v) is 10.3. The van der Waals surface area contributed by atoms with Gasteiger partial charge in [-0.1, -0.05) is 67.1 Å². The van der Waals surface area contributed by atoms with Crippen LogP contribution >= 0.6 is 0 Å². The van der Waals surface area contributed by atoms with Gasteiger partial charge in [-0.15, -0.1) is 0 Å². The van der Waals surface area contributed by atoms with Crippen LogP contribution in [0.5, 0.6) is 0 Å². The molecule has 1 saturated carbocycles. The average Bonchev–Trinajstić information content (AvgIpc) is 3.62. The van der Waals surface area contributed by atoms with Gasteiger partial charge in [-0.25, -0.2) is 8.42 Å². The van der Waals surface area contributed by atoms with Crippen LogP contribution in [0.4, 0.5) is 17.1 Å². The summed E-state index contributed by atoms with van der Waals surface area (Å²) in [4.78, 5) is 59.0. The van der Waals surface area contributed by atoms with Gasteiger partial charge >= 0.3 is 0 Å². The summed E-state index contributed by atoms with van der Waals surface area (Å²) in [5.74, 6) is -2.19. The fraction of sp³-hybridized carbons (Fsp3) is 0.200. The highest BCUT2D eigenvalue weighted by molar-refractivity contribution is 7.92. The number of para-hydroxylation sites is 3. The van der Waals surface area contributed by atoms with E-state index in [4.69, 9.17) is 0 Å². The number of rotatable bonds is 7. The lowest BCUT2D eigenvalue weighted by Gasteiger charge is -2.31. The molecule has 11 heteroatoms. The maximum Gasteiger partial charge on any atom is 0.262 e. The highest BCUT2D eigenvalue weighted by Gasteiger charge is 2.47. The van der Waals surface area contributed by atoms with Crippen molar-refractivity contribution in [2.45, 2.75) is 36.7 Å². The van der Waals surface area contributed by atoms with Gasteiger partial charge in [-0.2, -0.15) is 0 Å². The average molecular weight is 635 g/mol. The minimum atomic E-state index is -3.90. The summed E-state index contributed by atoms with van der Waals surface area (Å²) < 4.78 is 29.1. The number of nitrogens with zero attached hydrogens (tertiary/aromatic N) is 3. The number of carbonyl (C=O) groups excluding carboxylic acids is 4. The molecule has 0 spiro atoms. The number of imide groups is 1. The van der Waals surface area contributed by atoms with Gasteiger partial charge in [0.2, 0.25) is 11.8 Å². The molecule has 1 aliphatic carbocycles. The van der Waals surface area contributed by atoms with Gasteiger partial charge in [0.15, 0.2) is 0 Å². The number of fused-ring (bicyclic) bond motifs is 3. The Bertz CT molecular complexity index is 1960. The number of hydrogen-bond donors (Lipinski definition) is 1. The second-order valence-electron chi connectivity index (χ2n) is 11.6. The molecule has 0 radical (unpaired) electrons. The fourth-order valence-electron chi connectivity index (χ4n) is 6.74. The zero-order chi connectivity index (χ0) is 32.0. The Labute approximate surface area is 266 Å². The molecular weight excluding hydrogens is 604 g/mol. The van der Waals surface area contributed by atoms with Crippen molar-refractivity contribution in [2.24, 2.45) is 5.92 Å². The Kier molecular flexibility index (Phi) is 7.40. The molecule has 2 aliphatic heterocycles. The van der Waals surface area contributed by atoms with Gasteiger partial charge in [0.05, 0.1) is 45.5 Å². The lowest BCUT2D eigenvalue weighted by Crippen LogP contribution is -2.49. The molecular formula is C35H30N4O6S. The van der Waals surface area contributed by atoms with Crippen LogP contribution in [0.15, 0.2) is 108 Å². The van der Waals surface area contributed by atoms with Crippen LogP contribution in [0.2, 0.25) is 0 Å². The van der Waals surface area contributed by atoms with Gasteiger partial charge in [0.1, 0.15) is 6.54 Å². The molecule has 232 valence electrons. The topological polar surface area (TPSA) is 124 Å². The predicted molar refractivity (Wildman–Crippen MR) is 172 cm³/mol. The van der Waals surface area contributed by atoms with Gasteiger partial charge in [0.25, 0.3) is 21.8 Å². The molecule has 2 unspecified atom stereocenters. The summed E-state index contributed by atoms with van der Waals surface area (Å²) in [6, 6.07) is 28.1. The maximum absolute atomic E-state index is 14.3. The van der Waals surface area contributed by atoms with Crippen molar-refractivity contribution in [1.29, 1.82) is 0 Å². The third kappa shape index (κ3) is 5.02. The molecule has 7 rings (SSSR count).